The molecular weight excluding hydrogens is 168 g/mol. The van der Waals surface area contributed by atoms with Gasteiger partial charge in [0.2, 0.25) is 0 Å². The van der Waals surface area contributed by atoms with E-state index in [-0.39, 0.29) is 0 Å². The Hall–Kier alpha value is 0.310. The maximum absolute atomic E-state index is 5.52. The molecule has 0 spiro atoms. The van der Waals surface area contributed by atoms with E-state index in [0.29, 0.717) is 5.44 Å². The van der Waals surface area contributed by atoms with Crippen molar-refractivity contribution in [3.05, 3.63) is 0 Å². The van der Waals surface area contributed by atoms with Crippen LogP contribution in [0.15, 0.2) is 0 Å². The molecule has 0 aromatic heterocycles. The Morgan fingerprint density at radius 1 is 1.25 bits per heavy atom. The Labute approximate surface area is 80.3 Å². The summed E-state index contributed by atoms with van der Waals surface area (Å²) >= 11 is 1.98. The summed E-state index contributed by atoms with van der Waals surface area (Å²) in [4.78, 5) is 0. The molecule has 1 aliphatic heterocycles. The van der Waals surface area contributed by atoms with Gasteiger partial charge in [-0.1, -0.05) is 32.6 Å². The lowest BCUT2D eigenvalue weighted by molar-refractivity contribution is 0.135. The number of ether oxygens (including phenoxy) is 1. The summed E-state index contributed by atoms with van der Waals surface area (Å²) in [6.07, 6.45) is 8.18. The van der Waals surface area contributed by atoms with E-state index in [9.17, 15) is 0 Å². The molecule has 1 aliphatic rings. The fourth-order valence-corrected chi connectivity index (χ4v) is 2.47. The Bertz CT molecular complexity index is 100. The van der Waals surface area contributed by atoms with Crippen LogP contribution >= 0.6 is 11.8 Å². The van der Waals surface area contributed by atoms with Gasteiger partial charge in [0.15, 0.2) is 0 Å². The van der Waals surface area contributed by atoms with Crippen LogP contribution in [0, 0.1) is 0 Å². The lowest BCUT2D eigenvalue weighted by Gasteiger charge is -2.07. The van der Waals surface area contributed by atoms with E-state index in [2.05, 4.69) is 6.92 Å². The molecular formula is C10H20OS. The lowest BCUT2D eigenvalue weighted by Crippen LogP contribution is -2.00. The number of rotatable bonds is 6. The molecule has 1 unspecified atom stereocenters. The van der Waals surface area contributed by atoms with Crippen LogP contribution in [0.25, 0.3) is 0 Å². The second kappa shape index (κ2) is 6.79. The monoisotopic (exact) mass is 188 g/mol. The van der Waals surface area contributed by atoms with Crippen molar-refractivity contribution in [2.75, 3.05) is 12.4 Å². The summed E-state index contributed by atoms with van der Waals surface area (Å²) in [6, 6.07) is 0. The second-order valence-electron chi connectivity index (χ2n) is 3.37. The highest BCUT2D eigenvalue weighted by molar-refractivity contribution is 7.99. The summed E-state index contributed by atoms with van der Waals surface area (Å²) in [5.74, 6) is 1.21. The number of unbranched alkanes of at least 4 members (excludes halogenated alkanes) is 4. The average molecular weight is 188 g/mol. The van der Waals surface area contributed by atoms with E-state index in [4.69, 9.17) is 4.74 Å². The van der Waals surface area contributed by atoms with Crippen LogP contribution in [-0.4, -0.2) is 17.8 Å². The van der Waals surface area contributed by atoms with Gasteiger partial charge in [0.05, 0.1) is 6.61 Å². The van der Waals surface area contributed by atoms with Crippen LogP contribution in [0.5, 0.6) is 0 Å². The maximum atomic E-state index is 5.52. The van der Waals surface area contributed by atoms with E-state index in [1.54, 1.807) is 0 Å². The summed E-state index contributed by atoms with van der Waals surface area (Å²) in [6.45, 7) is 3.24. The van der Waals surface area contributed by atoms with Gasteiger partial charge in [-0.05, 0) is 12.8 Å². The molecule has 1 nitrogen and oxygen atoms in total. The first-order valence-corrected chi connectivity index (χ1v) is 6.21. The van der Waals surface area contributed by atoms with E-state index in [1.165, 1.54) is 44.3 Å². The first-order chi connectivity index (χ1) is 5.93. The molecule has 1 fully saturated rings. The quantitative estimate of drug-likeness (QED) is 0.591. The Morgan fingerprint density at radius 2 is 2.08 bits per heavy atom. The van der Waals surface area contributed by atoms with Gasteiger partial charge in [-0.2, -0.15) is 0 Å². The highest BCUT2D eigenvalue weighted by Crippen LogP contribution is 2.24. The van der Waals surface area contributed by atoms with E-state index in [0.717, 1.165) is 6.61 Å². The normalized spacial score (nSPS) is 23.2. The molecule has 0 aromatic carbocycles. The molecule has 2 heteroatoms. The molecule has 12 heavy (non-hydrogen) atoms. The Balaban J connectivity index is 1.81. The highest BCUT2D eigenvalue weighted by Gasteiger charge is 2.14. The van der Waals surface area contributed by atoms with Gasteiger partial charge in [-0.15, -0.1) is 11.8 Å². The van der Waals surface area contributed by atoms with Gasteiger partial charge in [-0.3, -0.25) is 0 Å². The molecule has 0 saturated carbocycles. The largest absolute Gasteiger partial charge is 0.367 e. The third kappa shape index (κ3) is 4.36. The van der Waals surface area contributed by atoms with Gasteiger partial charge in [0.1, 0.15) is 5.44 Å². The molecule has 0 bridgehead atoms. The van der Waals surface area contributed by atoms with Gasteiger partial charge in [0.25, 0.3) is 0 Å². The molecule has 1 saturated heterocycles. The zero-order chi connectivity index (χ0) is 8.65. The van der Waals surface area contributed by atoms with Crippen LogP contribution < -0.4 is 0 Å². The van der Waals surface area contributed by atoms with Crippen molar-refractivity contribution in [3.8, 4) is 0 Å². The van der Waals surface area contributed by atoms with E-state index >= 15 is 0 Å². The Morgan fingerprint density at radius 3 is 2.75 bits per heavy atom. The highest BCUT2D eigenvalue weighted by atomic mass is 32.2. The fourth-order valence-electron chi connectivity index (χ4n) is 1.49. The van der Waals surface area contributed by atoms with Crippen molar-refractivity contribution < 1.29 is 4.74 Å². The lowest BCUT2D eigenvalue weighted by atomic mass is 10.1. The van der Waals surface area contributed by atoms with Crippen LogP contribution in [0.2, 0.25) is 0 Å². The minimum Gasteiger partial charge on any atom is -0.367 e. The van der Waals surface area contributed by atoms with Crippen LogP contribution in [0.3, 0.4) is 0 Å². The van der Waals surface area contributed by atoms with Gasteiger partial charge < -0.3 is 4.74 Å². The SMILES string of the molecule is CCCCCCCC1OCCS1. The molecule has 1 heterocycles. The molecule has 0 radical (unpaired) electrons. The van der Waals surface area contributed by atoms with Crippen molar-refractivity contribution in [2.45, 2.75) is 50.9 Å². The zero-order valence-electron chi connectivity index (χ0n) is 8.05. The zero-order valence-corrected chi connectivity index (χ0v) is 8.87. The van der Waals surface area contributed by atoms with E-state index in [1.807, 2.05) is 11.8 Å². The minimum atomic E-state index is 0.534. The topological polar surface area (TPSA) is 9.23 Å². The van der Waals surface area contributed by atoms with E-state index < -0.39 is 0 Å². The standard InChI is InChI=1S/C10H20OS/c1-2-3-4-5-6-7-10-11-8-9-12-10/h10H,2-9H2,1H3. The van der Waals surface area contributed by atoms with Gasteiger partial charge in [0, 0.05) is 5.75 Å². The molecule has 1 atom stereocenters. The van der Waals surface area contributed by atoms with Gasteiger partial charge in [-0.25, -0.2) is 0 Å². The van der Waals surface area contributed by atoms with Crippen LogP contribution in [-0.2, 0) is 4.74 Å². The third-order valence-corrected chi connectivity index (χ3v) is 3.38. The Kier molecular flexibility index (Phi) is 5.88. The number of hydrogen-bond acceptors (Lipinski definition) is 2. The molecule has 0 amide bonds. The predicted octanol–water partition coefficient (Wildman–Crippen LogP) is 3.44. The first-order valence-electron chi connectivity index (χ1n) is 5.16. The first kappa shape index (κ1) is 10.4. The fraction of sp³-hybridized carbons (Fsp3) is 1.00. The minimum absolute atomic E-state index is 0.534. The predicted molar refractivity (Wildman–Crippen MR) is 55.6 cm³/mol. The van der Waals surface area contributed by atoms with Crippen LogP contribution in [0.1, 0.15) is 45.4 Å². The van der Waals surface area contributed by atoms with Crippen molar-refractivity contribution in [1.29, 1.82) is 0 Å². The van der Waals surface area contributed by atoms with Crippen molar-refractivity contribution in [2.24, 2.45) is 0 Å². The summed E-state index contributed by atoms with van der Waals surface area (Å²) in [7, 11) is 0. The molecule has 1 rings (SSSR count). The smallest absolute Gasteiger partial charge is 0.103 e. The summed E-state index contributed by atoms with van der Waals surface area (Å²) in [5.41, 5.74) is 0.534. The van der Waals surface area contributed by atoms with Crippen molar-refractivity contribution >= 4 is 11.8 Å². The molecule has 0 aliphatic carbocycles. The van der Waals surface area contributed by atoms with Crippen LogP contribution in [0.4, 0.5) is 0 Å². The average Bonchev–Trinajstić information content (AvgIpc) is 2.57. The summed E-state index contributed by atoms with van der Waals surface area (Å²) < 4.78 is 5.52. The number of thioether (sulfide) groups is 1. The van der Waals surface area contributed by atoms with Crippen molar-refractivity contribution in [3.63, 3.8) is 0 Å². The third-order valence-electron chi connectivity index (χ3n) is 2.23. The molecule has 0 N–H and O–H groups in total. The summed E-state index contributed by atoms with van der Waals surface area (Å²) in [5, 5.41) is 0. The molecule has 72 valence electrons. The second-order valence-corrected chi connectivity index (χ2v) is 4.64. The number of hydrogen-bond donors (Lipinski definition) is 0. The van der Waals surface area contributed by atoms with Crippen molar-refractivity contribution in [1.82, 2.24) is 0 Å². The molecule has 0 aromatic rings. The maximum Gasteiger partial charge on any atom is 0.103 e. The van der Waals surface area contributed by atoms with Gasteiger partial charge >= 0.3 is 0 Å².